The van der Waals surface area contributed by atoms with Crippen molar-refractivity contribution in [2.45, 2.75) is 51.9 Å². The molecule has 1 heterocycles. The van der Waals surface area contributed by atoms with E-state index in [1.165, 1.54) is 0 Å². The van der Waals surface area contributed by atoms with E-state index in [1.54, 1.807) is 0 Å². The zero-order valence-electron chi connectivity index (χ0n) is 13.5. The van der Waals surface area contributed by atoms with E-state index in [4.69, 9.17) is 21.1 Å². The van der Waals surface area contributed by atoms with Gasteiger partial charge in [0.1, 0.15) is 0 Å². The second-order valence-electron chi connectivity index (χ2n) is 6.64. The van der Waals surface area contributed by atoms with E-state index >= 15 is 0 Å². The van der Waals surface area contributed by atoms with Crippen LogP contribution in [-0.2, 0) is 10.2 Å². The normalized spacial score (nSPS) is 14.8. The first-order valence-corrected chi connectivity index (χ1v) is 7.96. The van der Waals surface area contributed by atoms with E-state index in [0.717, 1.165) is 17.5 Å². The average Bonchev–Trinajstić information content (AvgIpc) is 2.62. The number of benzene rings is 1. The fourth-order valence-electron chi connectivity index (χ4n) is 2.91. The molecule has 0 atom stereocenters. The summed E-state index contributed by atoms with van der Waals surface area (Å²) < 4.78 is 11.7. The molecule has 0 spiro atoms. The summed E-state index contributed by atoms with van der Waals surface area (Å²) in [5.74, 6) is 0.602. The molecule has 0 radical (unpaired) electrons. The van der Waals surface area contributed by atoms with Gasteiger partial charge in [-0.25, -0.2) is 0 Å². The number of hydrogen-bond acceptors (Lipinski definition) is 3. The number of fused-ring (bicyclic) bond motifs is 1. The van der Waals surface area contributed by atoms with Crippen LogP contribution in [0.4, 0.5) is 0 Å². The highest BCUT2D eigenvalue weighted by Crippen LogP contribution is 2.48. The summed E-state index contributed by atoms with van der Waals surface area (Å²) in [5, 5.41) is 9.68. The zero-order valence-corrected chi connectivity index (χ0v) is 14.3. The Hall–Kier alpha value is -1.42. The second kappa shape index (κ2) is 6.37. The Balaban J connectivity index is 2.66. The summed E-state index contributed by atoms with van der Waals surface area (Å²) in [4.78, 5) is 11.2. The van der Waals surface area contributed by atoms with Crippen LogP contribution in [-0.4, -0.2) is 24.3 Å². The van der Waals surface area contributed by atoms with Gasteiger partial charge in [-0.15, -0.1) is 0 Å². The molecule has 0 saturated heterocycles. The standard InChI is InChI=1S/C17H23ClO4/c1-10(2)14-11(17(3,4)9-13(19)20)8-12(18)15-16(14)22-7-5-6-21-15/h8,10H,5-7,9H2,1-4H3,(H,19,20). The number of hydrogen-bond donors (Lipinski definition) is 1. The van der Waals surface area contributed by atoms with Gasteiger partial charge in [-0.2, -0.15) is 0 Å². The van der Waals surface area contributed by atoms with Crippen molar-refractivity contribution in [1.82, 2.24) is 0 Å². The maximum atomic E-state index is 11.2. The highest BCUT2D eigenvalue weighted by Gasteiger charge is 2.32. The molecule has 4 nitrogen and oxygen atoms in total. The van der Waals surface area contributed by atoms with E-state index in [-0.39, 0.29) is 12.3 Å². The molecule has 0 unspecified atom stereocenters. The Kier molecular flexibility index (Phi) is 4.90. The monoisotopic (exact) mass is 326 g/mol. The van der Waals surface area contributed by atoms with Gasteiger partial charge in [0.25, 0.3) is 0 Å². The molecule has 1 aromatic rings. The minimum Gasteiger partial charge on any atom is -0.489 e. The summed E-state index contributed by atoms with van der Waals surface area (Å²) in [7, 11) is 0. The van der Waals surface area contributed by atoms with Gasteiger partial charge in [0, 0.05) is 17.4 Å². The van der Waals surface area contributed by atoms with Crippen molar-refractivity contribution in [3.8, 4) is 11.5 Å². The van der Waals surface area contributed by atoms with Crippen LogP contribution < -0.4 is 9.47 Å². The second-order valence-corrected chi connectivity index (χ2v) is 7.04. The quantitative estimate of drug-likeness (QED) is 0.892. The van der Waals surface area contributed by atoms with Crippen LogP contribution in [0.3, 0.4) is 0 Å². The fourth-order valence-corrected chi connectivity index (χ4v) is 3.16. The first-order chi connectivity index (χ1) is 10.2. The summed E-state index contributed by atoms with van der Waals surface area (Å²) >= 11 is 6.39. The lowest BCUT2D eigenvalue weighted by atomic mass is 9.76. The summed E-state index contributed by atoms with van der Waals surface area (Å²) in [6.07, 6.45) is 0.832. The molecule has 1 aliphatic heterocycles. The smallest absolute Gasteiger partial charge is 0.304 e. The summed E-state index contributed by atoms with van der Waals surface area (Å²) in [6, 6.07) is 1.84. The zero-order chi connectivity index (χ0) is 16.5. The van der Waals surface area contributed by atoms with Gasteiger partial charge in [0.15, 0.2) is 11.5 Å². The van der Waals surface area contributed by atoms with Crippen LogP contribution in [0.2, 0.25) is 5.02 Å². The van der Waals surface area contributed by atoms with Crippen molar-refractivity contribution in [2.75, 3.05) is 13.2 Å². The average molecular weight is 327 g/mol. The Morgan fingerprint density at radius 1 is 1.32 bits per heavy atom. The van der Waals surface area contributed by atoms with Gasteiger partial charge >= 0.3 is 5.97 Å². The minimum absolute atomic E-state index is 0.0304. The van der Waals surface area contributed by atoms with Crippen molar-refractivity contribution < 1.29 is 19.4 Å². The minimum atomic E-state index is -0.831. The van der Waals surface area contributed by atoms with Crippen LogP contribution >= 0.6 is 11.6 Å². The molecule has 0 bridgehead atoms. The largest absolute Gasteiger partial charge is 0.489 e. The van der Waals surface area contributed by atoms with E-state index < -0.39 is 11.4 Å². The van der Waals surface area contributed by atoms with Gasteiger partial charge in [-0.1, -0.05) is 39.3 Å². The molecule has 1 aromatic carbocycles. The number of aliphatic carboxylic acids is 1. The molecule has 5 heteroatoms. The van der Waals surface area contributed by atoms with E-state index in [9.17, 15) is 9.90 Å². The van der Waals surface area contributed by atoms with Gasteiger partial charge in [0.05, 0.1) is 24.7 Å². The Labute approximate surface area is 136 Å². The lowest BCUT2D eigenvalue weighted by Gasteiger charge is -2.30. The maximum absolute atomic E-state index is 11.2. The lowest BCUT2D eigenvalue weighted by molar-refractivity contribution is -0.138. The van der Waals surface area contributed by atoms with Crippen LogP contribution in [0.5, 0.6) is 11.5 Å². The SMILES string of the molecule is CC(C)c1c(C(C)(C)CC(=O)O)cc(Cl)c2c1OCCCO2. The van der Waals surface area contributed by atoms with Crippen LogP contribution in [0.25, 0.3) is 0 Å². The summed E-state index contributed by atoms with van der Waals surface area (Å²) in [6.45, 7) is 9.12. The molecule has 1 aliphatic rings. The predicted octanol–water partition coefficient (Wildman–Crippen LogP) is 4.38. The van der Waals surface area contributed by atoms with Crippen LogP contribution in [0, 0.1) is 0 Å². The van der Waals surface area contributed by atoms with Gasteiger partial charge < -0.3 is 14.6 Å². The Morgan fingerprint density at radius 3 is 2.45 bits per heavy atom. The van der Waals surface area contributed by atoms with E-state index in [0.29, 0.717) is 29.7 Å². The first-order valence-electron chi connectivity index (χ1n) is 7.58. The topological polar surface area (TPSA) is 55.8 Å². The Bertz CT molecular complexity index is 579. The number of halogens is 1. The molecule has 122 valence electrons. The maximum Gasteiger partial charge on any atom is 0.304 e. The molecule has 0 fully saturated rings. The van der Waals surface area contributed by atoms with Crippen molar-refractivity contribution in [1.29, 1.82) is 0 Å². The third-order valence-electron chi connectivity index (χ3n) is 3.91. The van der Waals surface area contributed by atoms with Crippen LogP contribution in [0.1, 0.15) is 57.6 Å². The molecule has 1 N–H and O–H groups in total. The van der Waals surface area contributed by atoms with Crippen molar-refractivity contribution in [3.63, 3.8) is 0 Å². The number of carboxylic acids is 1. The molecule has 0 saturated carbocycles. The third kappa shape index (κ3) is 3.32. The third-order valence-corrected chi connectivity index (χ3v) is 4.19. The van der Waals surface area contributed by atoms with Gasteiger partial charge in [-0.05, 0) is 17.5 Å². The lowest BCUT2D eigenvalue weighted by Crippen LogP contribution is -2.24. The molecular formula is C17H23ClO4. The highest BCUT2D eigenvalue weighted by atomic mass is 35.5. The van der Waals surface area contributed by atoms with Crippen molar-refractivity contribution >= 4 is 17.6 Å². The van der Waals surface area contributed by atoms with E-state index in [2.05, 4.69) is 13.8 Å². The number of rotatable bonds is 4. The fraction of sp³-hybridized carbons (Fsp3) is 0.588. The molecule has 0 aliphatic carbocycles. The van der Waals surface area contributed by atoms with Crippen molar-refractivity contribution in [3.05, 3.63) is 22.2 Å². The molecular weight excluding hydrogens is 304 g/mol. The van der Waals surface area contributed by atoms with Crippen molar-refractivity contribution in [2.24, 2.45) is 0 Å². The molecule has 0 amide bonds. The van der Waals surface area contributed by atoms with Gasteiger partial charge in [-0.3, -0.25) is 4.79 Å². The molecule has 0 aromatic heterocycles. The number of carbonyl (C=O) groups is 1. The predicted molar refractivity (Wildman–Crippen MR) is 86.4 cm³/mol. The molecule has 22 heavy (non-hydrogen) atoms. The Morgan fingerprint density at radius 2 is 1.91 bits per heavy atom. The van der Waals surface area contributed by atoms with E-state index in [1.807, 2.05) is 19.9 Å². The first kappa shape index (κ1) is 16.9. The molecule has 2 rings (SSSR count). The van der Waals surface area contributed by atoms with Gasteiger partial charge in [0.2, 0.25) is 0 Å². The number of carboxylic acid groups (broad SMARTS) is 1. The summed E-state index contributed by atoms with van der Waals surface area (Å²) in [5.41, 5.74) is 1.37. The van der Waals surface area contributed by atoms with Crippen LogP contribution in [0.15, 0.2) is 6.07 Å². The number of ether oxygens (including phenoxy) is 2. The highest BCUT2D eigenvalue weighted by molar-refractivity contribution is 6.32.